The van der Waals surface area contributed by atoms with Crippen LogP contribution in [0.4, 0.5) is 0 Å². The van der Waals surface area contributed by atoms with E-state index in [4.69, 9.17) is 19.0 Å². The van der Waals surface area contributed by atoms with Gasteiger partial charge in [-0.15, -0.1) is 0 Å². The van der Waals surface area contributed by atoms with Gasteiger partial charge in [0.05, 0.1) is 33.6 Å². The predicted molar refractivity (Wildman–Crippen MR) is 146 cm³/mol. The normalized spacial score (nSPS) is 21.1. The number of aliphatic hydroxyl groups excluding tert-OH is 1. The standard InChI is InChI=1S/C22H23Br4N3O7/c1-33-18-15(25)9-22(35-10-16(18)26)20(31)17(29-36-22)21(32)28-4-2-6-34-19-13(23)7-12(8-14(19)24)3-5-27-11-30/h7-8,10-11,20,31H,2-6,9H2,1H3,(H,27,30)(H,28,32)/t20-,22-/m1/s1. The van der Waals surface area contributed by atoms with E-state index in [1.165, 1.54) is 13.4 Å². The highest BCUT2D eigenvalue weighted by molar-refractivity contribution is 9.12. The smallest absolute Gasteiger partial charge is 0.311 e. The van der Waals surface area contributed by atoms with E-state index >= 15 is 0 Å². The molecule has 2 heterocycles. The van der Waals surface area contributed by atoms with Crippen LogP contribution in [0.1, 0.15) is 18.4 Å². The lowest BCUT2D eigenvalue weighted by molar-refractivity contribution is -0.225. The lowest BCUT2D eigenvalue weighted by Crippen LogP contribution is -2.49. The second-order valence-corrected chi connectivity index (χ2v) is 11.2. The average molecular weight is 761 g/mol. The Bertz CT molecular complexity index is 1070. The fourth-order valence-electron chi connectivity index (χ4n) is 3.41. The van der Waals surface area contributed by atoms with E-state index < -0.39 is 17.8 Å². The first-order chi connectivity index (χ1) is 17.2. The number of rotatable bonds is 11. The minimum atomic E-state index is -1.60. The summed E-state index contributed by atoms with van der Waals surface area (Å²) in [6, 6.07) is 3.85. The van der Waals surface area contributed by atoms with Crippen LogP contribution in [0.25, 0.3) is 0 Å². The number of methoxy groups -OCH3 is 1. The Kier molecular flexibility index (Phi) is 10.7. The van der Waals surface area contributed by atoms with Gasteiger partial charge in [-0.25, -0.2) is 0 Å². The molecule has 3 N–H and O–H groups in total. The highest BCUT2D eigenvalue weighted by atomic mass is 79.9. The molecule has 2 atom stereocenters. The third kappa shape index (κ3) is 6.82. The van der Waals surface area contributed by atoms with Gasteiger partial charge in [0, 0.05) is 17.6 Å². The van der Waals surface area contributed by atoms with E-state index in [9.17, 15) is 14.7 Å². The predicted octanol–water partition coefficient (Wildman–Crippen LogP) is 3.74. The molecule has 1 aromatic rings. The van der Waals surface area contributed by atoms with Crippen molar-refractivity contribution in [2.24, 2.45) is 5.16 Å². The lowest BCUT2D eigenvalue weighted by Gasteiger charge is -2.27. The number of allylic oxidation sites excluding steroid dienone is 1. The van der Waals surface area contributed by atoms with Gasteiger partial charge in [0.2, 0.25) is 6.41 Å². The highest BCUT2D eigenvalue weighted by Crippen LogP contribution is 2.41. The molecular formula is C22H23Br4N3O7. The lowest BCUT2D eigenvalue weighted by atomic mass is 10.0. The summed E-state index contributed by atoms with van der Waals surface area (Å²) < 4.78 is 19.4. The number of benzene rings is 1. The molecule has 0 bridgehead atoms. The summed E-state index contributed by atoms with van der Waals surface area (Å²) in [4.78, 5) is 28.4. The molecule has 36 heavy (non-hydrogen) atoms. The molecule has 0 radical (unpaired) electrons. The van der Waals surface area contributed by atoms with Crippen molar-refractivity contribution in [3.05, 3.63) is 47.6 Å². The van der Waals surface area contributed by atoms with Crippen molar-refractivity contribution in [3.8, 4) is 5.75 Å². The van der Waals surface area contributed by atoms with Crippen molar-refractivity contribution in [1.29, 1.82) is 0 Å². The zero-order chi connectivity index (χ0) is 26.3. The number of nitrogens with zero attached hydrogens (tertiary/aromatic N) is 1. The number of oxime groups is 1. The monoisotopic (exact) mass is 757 g/mol. The topological polar surface area (TPSA) is 128 Å². The van der Waals surface area contributed by atoms with Gasteiger partial charge in [0.25, 0.3) is 5.91 Å². The van der Waals surface area contributed by atoms with E-state index in [0.717, 1.165) is 14.5 Å². The summed E-state index contributed by atoms with van der Waals surface area (Å²) in [5, 5.41) is 19.9. The van der Waals surface area contributed by atoms with Crippen LogP contribution in [0.15, 0.2) is 47.2 Å². The number of carbonyl (C=O) groups is 2. The summed E-state index contributed by atoms with van der Waals surface area (Å²) >= 11 is 13.7. The SMILES string of the molecule is COC1=C(Br)C[C@@]2(OC=C1Br)ON=C(C(=O)NCCCOc1c(Br)cc(CCNC=O)cc1Br)[C@H]2O. The molecule has 2 aliphatic heterocycles. The van der Waals surface area contributed by atoms with E-state index in [1.807, 2.05) is 12.1 Å². The van der Waals surface area contributed by atoms with Gasteiger partial charge in [0.1, 0.15) is 17.8 Å². The van der Waals surface area contributed by atoms with Gasteiger partial charge in [-0.05, 0) is 78.3 Å². The van der Waals surface area contributed by atoms with Crippen molar-refractivity contribution >= 4 is 81.7 Å². The second-order valence-electron chi connectivity index (χ2n) is 7.65. The number of halogens is 4. The fourth-order valence-corrected chi connectivity index (χ4v) is 6.44. The van der Waals surface area contributed by atoms with Gasteiger partial charge < -0.3 is 34.8 Å². The highest BCUT2D eigenvalue weighted by Gasteiger charge is 2.54. The minimum absolute atomic E-state index is 0.0627. The van der Waals surface area contributed by atoms with E-state index in [2.05, 4.69) is 79.5 Å². The summed E-state index contributed by atoms with van der Waals surface area (Å²) in [6.45, 7) is 1.15. The summed E-state index contributed by atoms with van der Waals surface area (Å²) in [5.74, 6) is -1.05. The maximum Gasteiger partial charge on any atom is 0.311 e. The quantitative estimate of drug-likeness (QED) is 0.232. The number of hydrogen-bond donors (Lipinski definition) is 3. The van der Waals surface area contributed by atoms with Crippen molar-refractivity contribution < 1.29 is 33.7 Å². The molecule has 196 valence electrons. The maximum absolute atomic E-state index is 12.6. The molecule has 0 unspecified atom stereocenters. The van der Waals surface area contributed by atoms with Gasteiger partial charge in [-0.1, -0.05) is 21.1 Å². The zero-order valence-electron chi connectivity index (χ0n) is 19.0. The van der Waals surface area contributed by atoms with Crippen LogP contribution in [0.2, 0.25) is 0 Å². The summed E-state index contributed by atoms with van der Waals surface area (Å²) in [7, 11) is 1.50. The molecule has 0 aromatic heterocycles. The average Bonchev–Trinajstić information content (AvgIpc) is 3.08. The van der Waals surface area contributed by atoms with Crippen molar-refractivity contribution in [2.75, 3.05) is 26.8 Å². The van der Waals surface area contributed by atoms with Gasteiger partial charge in [-0.2, -0.15) is 0 Å². The van der Waals surface area contributed by atoms with E-state index in [0.29, 0.717) is 52.9 Å². The number of carbonyl (C=O) groups excluding carboxylic acids is 2. The Morgan fingerprint density at radius 3 is 2.67 bits per heavy atom. The molecule has 0 saturated heterocycles. The summed E-state index contributed by atoms with van der Waals surface area (Å²) in [5.41, 5.74) is 0.840. The third-order valence-electron chi connectivity index (χ3n) is 5.19. The van der Waals surface area contributed by atoms with Gasteiger partial charge >= 0.3 is 5.79 Å². The molecule has 0 aliphatic carbocycles. The number of aliphatic hydroxyl groups is 1. The summed E-state index contributed by atoms with van der Waals surface area (Å²) in [6.07, 6.45) is 1.81. The molecule has 2 amide bonds. The fraction of sp³-hybridized carbons (Fsp3) is 0.409. The minimum Gasteiger partial charge on any atom is -0.495 e. The molecule has 10 nitrogen and oxygen atoms in total. The molecule has 1 spiro atoms. The van der Waals surface area contributed by atoms with E-state index in [-0.39, 0.29) is 18.7 Å². The number of hydrogen-bond acceptors (Lipinski definition) is 8. The van der Waals surface area contributed by atoms with Crippen LogP contribution in [-0.4, -0.2) is 61.8 Å². The molecule has 0 saturated carbocycles. The van der Waals surface area contributed by atoms with Crippen molar-refractivity contribution in [1.82, 2.24) is 10.6 Å². The first-order valence-corrected chi connectivity index (χ1v) is 13.9. The molecule has 14 heteroatoms. The third-order valence-corrected chi connectivity index (χ3v) is 7.56. The number of nitrogens with one attached hydrogen (secondary N) is 2. The van der Waals surface area contributed by atoms with Gasteiger partial charge in [0.15, 0.2) is 11.8 Å². The Hall–Kier alpha value is -1.61. The Morgan fingerprint density at radius 2 is 2.00 bits per heavy atom. The van der Waals surface area contributed by atoms with Crippen LogP contribution < -0.4 is 15.4 Å². The van der Waals surface area contributed by atoms with Crippen molar-refractivity contribution in [3.63, 3.8) is 0 Å². The molecule has 1 aromatic carbocycles. The molecule has 2 aliphatic rings. The number of amides is 2. The number of ether oxygens (including phenoxy) is 3. The Balaban J connectivity index is 1.48. The molecular weight excluding hydrogens is 738 g/mol. The van der Waals surface area contributed by atoms with Crippen LogP contribution >= 0.6 is 63.7 Å². The largest absolute Gasteiger partial charge is 0.495 e. The molecule has 0 fully saturated rings. The van der Waals surface area contributed by atoms with Gasteiger partial charge in [-0.3, -0.25) is 9.59 Å². The van der Waals surface area contributed by atoms with Crippen LogP contribution in [0.5, 0.6) is 5.75 Å². The maximum atomic E-state index is 12.6. The van der Waals surface area contributed by atoms with Crippen molar-refractivity contribution in [2.45, 2.75) is 31.2 Å². The Morgan fingerprint density at radius 1 is 1.28 bits per heavy atom. The van der Waals surface area contributed by atoms with Crippen LogP contribution in [-0.2, 0) is 30.3 Å². The second kappa shape index (κ2) is 13.3. The zero-order valence-corrected chi connectivity index (χ0v) is 25.3. The first-order valence-electron chi connectivity index (χ1n) is 10.7. The Labute approximate surface area is 241 Å². The van der Waals surface area contributed by atoms with E-state index in [1.54, 1.807) is 0 Å². The molecule has 3 rings (SSSR count). The van der Waals surface area contributed by atoms with Crippen LogP contribution in [0, 0.1) is 0 Å². The van der Waals surface area contributed by atoms with Crippen LogP contribution in [0.3, 0.4) is 0 Å². The first kappa shape index (κ1) is 29.0.